The largest absolute Gasteiger partial charge is 1.00 e. The predicted molar refractivity (Wildman–Crippen MR) is 82.2 cm³/mol. The van der Waals surface area contributed by atoms with Crippen LogP contribution in [-0.4, -0.2) is 4.98 Å². The number of aromatic nitrogens is 2. The maximum atomic E-state index is 3.38. The highest BCUT2D eigenvalue weighted by Crippen LogP contribution is 2.08. The Morgan fingerprint density at radius 2 is 1.45 bits per heavy atom. The van der Waals surface area contributed by atoms with Gasteiger partial charge in [-0.05, 0) is 19.3 Å². The van der Waals surface area contributed by atoms with Gasteiger partial charge in [-0.2, -0.15) is 0 Å². The normalized spacial score (nSPS) is 10.5. The van der Waals surface area contributed by atoms with Crippen molar-refractivity contribution in [3.05, 3.63) is 18.2 Å². The highest BCUT2D eigenvalue weighted by atomic mass is 79.9. The van der Waals surface area contributed by atoms with Crippen LogP contribution in [0.5, 0.6) is 0 Å². The summed E-state index contributed by atoms with van der Waals surface area (Å²) in [6.45, 7) is 5.73. The third-order valence-electron chi connectivity index (χ3n) is 3.87. The van der Waals surface area contributed by atoms with E-state index in [9.17, 15) is 0 Å². The van der Waals surface area contributed by atoms with Gasteiger partial charge in [0.25, 0.3) is 5.82 Å². The molecule has 1 aromatic rings. The first kappa shape index (κ1) is 19.7. The fraction of sp³-hybridized carbons (Fsp3) is 0.824. The molecule has 0 saturated heterocycles. The van der Waals surface area contributed by atoms with Gasteiger partial charge in [-0.1, -0.05) is 58.8 Å². The zero-order valence-corrected chi connectivity index (χ0v) is 15.1. The van der Waals surface area contributed by atoms with Crippen LogP contribution in [0.2, 0.25) is 0 Å². The number of halogens is 1. The molecular weight excluding hydrogens is 312 g/mol. The fourth-order valence-electron chi connectivity index (χ4n) is 2.58. The molecule has 0 amide bonds. The molecule has 0 fully saturated rings. The topological polar surface area (TPSA) is 19.7 Å². The molecule has 3 heteroatoms. The Morgan fingerprint density at radius 1 is 0.850 bits per heavy atom. The maximum Gasteiger partial charge on any atom is 0.254 e. The first-order chi connectivity index (χ1) is 9.38. The zero-order valence-electron chi connectivity index (χ0n) is 13.5. The van der Waals surface area contributed by atoms with E-state index < -0.39 is 0 Å². The average Bonchev–Trinajstić information content (AvgIpc) is 2.87. The fourth-order valence-corrected chi connectivity index (χ4v) is 2.58. The van der Waals surface area contributed by atoms with Gasteiger partial charge in [0.1, 0.15) is 12.4 Å². The summed E-state index contributed by atoms with van der Waals surface area (Å²) in [6, 6.07) is 0. The molecule has 0 radical (unpaired) electrons. The van der Waals surface area contributed by atoms with E-state index in [1.165, 1.54) is 83.0 Å². The van der Waals surface area contributed by atoms with Gasteiger partial charge in [0.15, 0.2) is 0 Å². The number of imidazole rings is 1. The number of nitrogens with zero attached hydrogens (tertiary/aromatic N) is 1. The second-order valence-corrected chi connectivity index (χ2v) is 5.68. The van der Waals surface area contributed by atoms with Gasteiger partial charge in [0.2, 0.25) is 0 Å². The summed E-state index contributed by atoms with van der Waals surface area (Å²) >= 11 is 0. The average molecular weight is 345 g/mol. The van der Waals surface area contributed by atoms with E-state index in [-0.39, 0.29) is 17.0 Å². The molecule has 0 unspecified atom stereocenters. The lowest BCUT2D eigenvalue weighted by Gasteiger charge is -2.02. The minimum atomic E-state index is 0. The van der Waals surface area contributed by atoms with E-state index in [0.29, 0.717) is 0 Å². The number of aryl methyl sites for hydroxylation is 2. The van der Waals surface area contributed by atoms with Gasteiger partial charge in [0, 0.05) is 6.42 Å². The Morgan fingerprint density at radius 3 is 2.10 bits per heavy atom. The van der Waals surface area contributed by atoms with Gasteiger partial charge < -0.3 is 17.0 Å². The SMILES string of the molecule is CCCCCCCCCC[n+]1cc[nH]c1CCCC.[Br-]. The summed E-state index contributed by atoms with van der Waals surface area (Å²) in [6.07, 6.45) is 19.2. The summed E-state index contributed by atoms with van der Waals surface area (Å²) in [5.74, 6) is 1.41. The quantitative estimate of drug-likeness (QED) is 0.440. The van der Waals surface area contributed by atoms with Gasteiger partial charge in [-0.3, -0.25) is 0 Å². The molecule has 1 heterocycles. The molecule has 1 rings (SSSR count). The monoisotopic (exact) mass is 344 g/mol. The molecule has 0 aliphatic rings. The van der Waals surface area contributed by atoms with Crippen LogP contribution in [0.4, 0.5) is 0 Å². The predicted octanol–water partition coefficient (Wildman–Crippen LogP) is 1.79. The number of hydrogen-bond donors (Lipinski definition) is 1. The van der Waals surface area contributed by atoms with Crippen molar-refractivity contribution in [1.29, 1.82) is 0 Å². The number of unbranched alkanes of at least 4 members (excludes halogenated alkanes) is 8. The van der Waals surface area contributed by atoms with Crippen LogP contribution >= 0.6 is 0 Å². The first-order valence-corrected chi connectivity index (χ1v) is 8.44. The number of hydrogen-bond acceptors (Lipinski definition) is 0. The summed E-state index contributed by atoms with van der Waals surface area (Å²) in [4.78, 5) is 3.38. The van der Waals surface area contributed by atoms with E-state index in [4.69, 9.17) is 0 Å². The van der Waals surface area contributed by atoms with E-state index in [1.807, 2.05) is 0 Å². The molecule has 0 aliphatic carbocycles. The maximum absolute atomic E-state index is 3.38. The Kier molecular flexibility index (Phi) is 13.5. The second-order valence-electron chi connectivity index (χ2n) is 5.68. The molecular formula is C17H33BrN2. The first-order valence-electron chi connectivity index (χ1n) is 8.44. The summed E-state index contributed by atoms with van der Waals surface area (Å²) in [5, 5.41) is 0. The van der Waals surface area contributed by atoms with E-state index in [0.717, 1.165) is 0 Å². The van der Waals surface area contributed by atoms with E-state index in [1.54, 1.807) is 0 Å². The highest BCUT2D eigenvalue weighted by molar-refractivity contribution is 4.77. The molecule has 0 saturated carbocycles. The zero-order chi connectivity index (χ0) is 13.8. The third-order valence-corrected chi connectivity index (χ3v) is 3.87. The van der Waals surface area contributed by atoms with Crippen molar-refractivity contribution in [3.8, 4) is 0 Å². The molecule has 1 N–H and O–H groups in total. The molecule has 0 aliphatic heterocycles. The second kappa shape index (κ2) is 13.7. The molecule has 1 aromatic heterocycles. The molecule has 20 heavy (non-hydrogen) atoms. The van der Waals surface area contributed by atoms with Crippen LogP contribution in [0.15, 0.2) is 12.4 Å². The van der Waals surface area contributed by atoms with Gasteiger partial charge in [0.05, 0.1) is 6.54 Å². The Balaban J connectivity index is 0.00000361. The number of nitrogens with one attached hydrogen (secondary N) is 1. The highest BCUT2D eigenvalue weighted by Gasteiger charge is 2.08. The number of rotatable bonds is 12. The lowest BCUT2D eigenvalue weighted by Crippen LogP contribution is -3.00. The Labute approximate surface area is 136 Å². The van der Waals surface area contributed by atoms with Crippen molar-refractivity contribution in [2.75, 3.05) is 0 Å². The molecule has 0 atom stereocenters. The summed E-state index contributed by atoms with van der Waals surface area (Å²) < 4.78 is 2.41. The lowest BCUT2D eigenvalue weighted by molar-refractivity contribution is -0.703. The van der Waals surface area contributed by atoms with Crippen LogP contribution in [-0.2, 0) is 13.0 Å². The Bertz CT molecular complexity index is 310. The van der Waals surface area contributed by atoms with Crippen molar-refractivity contribution >= 4 is 0 Å². The van der Waals surface area contributed by atoms with Gasteiger partial charge in [-0.25, -0.2) is 9.55 Å². The minimum absolute atomic E-state index is 0. The van der Waals surface area contributed by atoms with Crippen LogP contribution in [0.3, 0.4) is 0 Å². The number of aromatic amines is 1. The Hall–Kier alpha value is -0.310. The minimum Gasteiger partial charge on any atom is -1.00 e. The summed E-state index contributed by atoms with van der Waals surface area (Å²) in [7, 11) is 0. The van der Waals surface area contributed by atoms with Crippen LogP contribution < -0.4 is 21.5 Å². The molecule has 118 valence electrons. The third kappa shape index (κ3) is 8.78. The van der Waals surface area contributed by atoms with E-state index in [2.05, 4.69) is 35.8 Å². The van der Waals surface area contributed by atoms with Crippen molar-refractivity contribution in [2.24, 2.45) is 0 Å². The molecule has 0 aromatic carbocycles. The van der Waals surface area contributed by atoms with Crippen molar-refractivity contribution < 1.29 is 21.5 Å². The van der Waals surface area contributed by atoms with Crippen molar-refractivity contribution in [2.45, 2.75) is 91.0 Å². The van der Waals surface area contributed by atoms with Gasteiger partial charge >= 0.3 is 0 Å². The lowest BCUT2D eigenvalue weighted by atomic mass is 10.1. The smallest absolute Gasteiger partial charge is 0.254 e. The molecule has 2 nitrogen and oxygen atoms in total. The van der Waals surface area contributed by atoms with E-state index >= 15 is 0 Å². The summed E-state index contributed by atoms with van der Waals surface area (Å²) in [5.41, 5.74) is 0. The standard InChI is InChI=1S/C17H32N2.BrH/c1-3-5-7-8-9-10-11-12-15-19-16-14-18-17(19)13-6-4-2;/h14,16H,3-13,15H2,1-2H3;1H. The molecule has 0 bridgehead atoms. The van der Waals surface area contributed by atoms with Crippen molar-refractivity contribution in [3.63, 3.8) is 0 Å². The van der Waals surface area contributed by atoms with Crippen LogP contribution in [0, 0.1) is 0 Å². The van der Waals surface area contributed by atoms with Crippen LogP contribution in [0.25, 0.3) is 0 Å². The van der Waals surface area contributed by atoms with Gasteiger partial charge in [-0.15, -0.1) is 0 Å². The van der Waals surface area contributed by atoms with Crippen molar-refractivity contribution in [1.82, 2.24) is 4.98 Å². The van der Waals surface area contributed by atoms with Crippen LogP contribution in [0.1, 0.15) is 83.9 Å². The number of H-pyrrole nitrogens is 1. The molecule has 0 spiro atoms.